The number of amides is 1. The van der Waals surface area contributed by atoms with Crippen molar-refractivity contribution in [3.8, 4) is 0 Å². The minimum absolute atomic E-state index is 0.0394. The molecule has 1 aliphatic rings. The number of fused-ring (bicyclic) bond motifs is 1. The Morgan fingerprint density at radius 1 is 1.28 bits per heavy atom. The van der Waals surface area contributed by atoms with Crippen LogP contribution in [-0.4, -0.2) is 52.0 Å². The van der Waals surface area contributed by atoms with Crippen LogP contribution >= 0.6 is 11.3 Å². The number of carbonyl (C=O) groups excluding carboxylic acids is 1. The third kappa shape index (κ3) is 3.17. The average molecular weight is 356 g/mol. The molecule has 0 unspecified atom stereocenters. The highest BCUT2D eigenvalue weighted by atomic mass is 32.1. The standard InChI is InChI=1S/C18H20N4O2S/c1-12-10-15(16-13(2)20-24-17(16)19-12)18(23)22-7-5-21(6-8-22)11-14-4-3-9-25-14/h3-4,9-10H,5-8,11H2,1-2H3. The SMILES string of the molecule is Cc1cc(C(=O)N2CCN(Cc3cccs3)CC2)c2c(C)noc2n1. The van der Waals surface area contributed by atoms with Crippen LogP contribution in [0.2, 0.25) is 0 Å². The zero-order valence-corrected chi connectivity index (χ0v) is 15.2. The molecule has 6 nitrogen and oxygen atoms in total. The Bertz CT molecular complexity index is 895. The van der Waals surface area contributed by atoms with Gasteiger partial charge in [-0.1, -0.05) is 11.2 Å². The molecule has 0 atom stereocenters. The highest BCUT2D eigenvalue weighted by Crippen LogP contribution is 2.24. The first-order chi connectivity index (χ1) is 12.1. The third-order valence-electron chi connectivity index (χ3n) is 4.59. The number of aromatic nitrogens is 2. The van der Waals surface area contributed by atoms with E-state index in [1.807, 2.05) is 24.8 Å². The Morgan fingerprint density at radius 2 is 2.08 bits per heavy atom. The molecule has 0 saturated carbocycles. The summed E-state index contributed by atoms with van der Waals surface area (Å²) < 4.78 is 5.24. The largest absolute Gasteiger partial charge is 0.336 e. The summed E-state index contributed by atoms with van der Waals surface area (Å²) in [6.45, 7) is 7.92. The molecule has 4 rings (SSSR count). The van der Waals surface area contributed by atoms with Crippen LogP contribution in [0.25, 0.3) is 11.1 Å². The monoisotopic (exact) mass is 356 g/mol. The predicted molar refractivity (Wildman–Crippen MR) is 96.8 cm³/mol. The van der Waals surface area contributed by atoms with E-state index < -0.39 is 0 Å². The Balaban J connectivity index is 1.50. The van der Waals surface area contributed by atoms with Crippen LogP contribution in [0.1, 0.15) is 26.6 Å². The van der Waals surface area contributed by atoms with E-state index in [1.54, 1.807) is 11.3 Å². The fourth-order valence-electron chi connectivity index (χ4n) is 3.29. The summed E-state index contributed by atoms with van der Waals surface area (Å²) in [5.74, 6) is 0.0394. The molecule has 0 aliphatic carbocycles. The van der Waals surface area contributed by atoms with Gasteiger partial charge >= 0.3 is 0 Å². The Labute approximate surface area is 150 Å². The number of nitrogens with zero attached hydrogens (tertiary/aromatic N) is 4. The number of carbonyl (C=O) groups is 1. The molecule has 1 saturated heterocycles. The molecule has 0 bridgehead atoms. The first-order valence-electron chi connectivity index (χ1n) is 8.39. The van der Waals surface area contributed by atoms with Crippen LogP contribution in [0, 0.1) is 13.8 Å². The van der Waals surface area contributed by atoms with Crippen molar-refractivity contribution in [2.45, 2.75) is 20.4 Å². The van der Waals surface area contributed by atoms with Gasteiger partial charge in [0.1, 0.15) is 0 Å². The second-order valence-electron chi connectivity index (χ2n) is 6.41. The van der Waals surface area contributed by atoms with Crippen LogP contribution in [0.4, 0.5) is 0 Å². The number of rotatable bonds is 3. The molecule has 0 aromatic carbocycles. The second kappa shape index (κ2) is 6.57. The fraction of sp³-hybridized carbons (Fsp3) is 0.389. The first-order valence-corrected chi connectivity index (χ1v) is 9.27. The van der Waals surface area contributed by atoms with Crippen molar-refractivity contribution < 1.29 is 9.32 Å². The molecular formula is C18H20N4O2S. The van der Waals surface area contributed by atoms with Gasteiger partial charge in [-0.15, -0.1) is 11.3 Å². The summed E-state index contributed by atoms with van der Waals surface area (Å²) in [6, 6.07) is 6.08. The van der Waals surface area contributed by atoms with Crippen LogP contribution in [0.3, 0.4) is 0 Å². The fourth-order valence-corrected chi connectivity index (χ4v) is 4.03. The number of thiophene rings is 1. The van der Waals surface area contributed by atoms with Crippen molar-refractivity contribution in [1.82, 2.24) is 19.9 Å². The topological polar surface area (TPSA) is 62.5 Å². The van der Waals surface area contributed by atoms with E-state index >= 15 is 0 Å². The molecule has 0 N–H and O–H groups in total. The Hall–Kier alpha value is -2.25. The van der Waals surface area contributed by atoms with E-state index in [0.717, 1.165) is 43.8 Å². The molecule has 1 aliphatic heterocycles. The maximum absolute atomic E-state index is 13.1. The van der Waals surface area contributed by atoms with Gasteiger partial charge in [-0.2, -0.15) is 0 Å². The average Bonchev–Trinajstić information content (AvgIpc) is 3.24. The minimum atomic E-state index is 0.0394. The maximum atomic E-state index is 13.1. The minimum Gasteiger partial charge on any atom is -0.336 e. The second-order valence-corrected chi connectivity index (χ2v) is 7.44. The van der Waals surface area contributed by atoms with Gasteiger partial charge in [0, 0.05) is 43.3 Å². The summed E-state index contributed by atoms with van der Waals surface area (Å²) in [5, 5.41) is 6.80. The molecular weight excluding hydrogens is 336 g/mol. The number of aryl methyl sites for hydroxylation is 2. The van der Waals surface area contributed by atoms with E-state index in [1.165, 1.54) is 4.88 Å². The third-order valence-corrected chi connectivity index (χ3v) is 5.46. The smallest absolute Gasteiger partial charge is 0.258 e. The Kier molecular flexibility index (Phi) is 4.27. The van der Waals surface area contributed by atoms with Crippen molar-refractivity contribution in [2.24, 2.45) is 0 Å². The Morgan fingerprint density at radius 3 is 2.80 bits per heavy atom. The highest BCUT2D eigenvalue weighted by Gasteiger charge is 2.25. The van der Waals surface area contributed by atoms with Crippen LogP contribution in [0.5, 0.6) is 0 Å². The van der Waals surface area contributed by atoms with Crippen LogP contribution in [0.15, 0.2) is 28.1 Å². The lowest BCUT2D eigenvalue weighted by Gasteiger charge is -2.34. The van der Waals surface area contributed by atoms with Gasteiger partial charge in [0.2, 0.25) is 0 Å². The molecule has 1 fully saturated rings. The van der Waals surface area contributed by atoms with Crippen LogP contribution < -0.4 is 0 Å². The van der Waals surface area contributed by atoms with Crippen molar-refractivity contribution in [1.29, 1.82) is 0 Å². The quantitative estimate of drug-likeness (QED) is 0.722. The normalized spacial score (nSPS) is 15.8. The number of hydrogen-bond donors (Lipinski definition) is 0. The van der Waals surface area contributed by atoms with Crippen molar-refractivity contribution in [2.75, 3.05) is 26.2 Å². The molecule has 3 aromatic rings. The summed E-state index contributed by atoms with van der Waals surface area (Å²) in [5.41, 5.74) is 2.57. The van der Waals surface area contributed by atoms with E-state index in [-0.39, 0.29) is 5.91 Å². The van der Waals surface area contributed by atoms with Gasteiger partial charge in [0.05, 0.1) is 16.6 Å². The highest BCUT2D eigenvalue weighted by molar-refractivity contribution is 7.09. The van der Waals surface area contributed by atoms with E-state index in [2.05, 4.69) is 32.6 Å². The van der Waals surface area contributed by atoms with E-state index in [0.29, 0.717) is 17.0 Å². The van der Waals surface area contributed by atoms with Gasteiger partial charge < -0.3 is 9.42 Å². The molecule has 0 radical (unpaired) electrons. The van der Waals surface area contributed by atoms with Gasteiger partial charge in [-0.3, -0.25) is 9.69 Å². The molecule has 7 heteroatoms. The number of piperazine rings is 1. The summed E-state index contributed by atoms with van der Waals surface area (Å²) in [6.07, 6.45) is 0. The molecule has 1 amide bonds. The zero-order valence-electron chi connectivity index (χ0n) is 14.4. The van der Waals surface area contributed by atoms with Gasteiger partial charge in [-0.25, -0.2) is 4.98 Å². The van der Waals surface area contributed by atoms with Gasteiger partial charge in [0.25, 0.3) is 11.6 Å². The predicted octanol–water partition coefficient (Wildman–Crippen LogP) is 2.86. The molecule has 3 aromatic heterocycles. The molecule has 0 spiro atoms. The lowest BCUT2D eigenvalue weighted by atomic mass is 10.1. The first kappa shape index (κ1) is 16.2. The lowest BCUT2D eigenvalue weighted by molar-refractivity contribution is 0.0631. The summed E-state index contributed by atoms with van der Waals surface area (Å²) in [4.78, 5) is 23.1. The van der Waals surface area contributed by atoms with Crippen molar-refractivity contribution >= 4 is 28.3 Å². The zero-order chi connectivity index (χ0) is 17.4. The summed E-state index contributed by atoms with van der Waals surface area (Å²) >= 11 is 1.78. The van der Waals surface area contributed by atoms with E-state index in [9.17, 15) is 4.79 Å². The molecule has 130 valence electrons. The summed E-state index contributed by atoms with van der Waals surface area (Å²) in [7, 11) is 0. The van der Waals surface area contributed by atoms with Gasteiger partial charge in [-0.05, 0) is 31.4 Å². The van der Waals surface area contributed by atoms with Gasteiger partial charge in [0.15, 0.2) is 0 Å². The lowest BCUT2D eigenvalue weighted by Crippen LogP contribution is -2.48. The van der Waals surface area contributed by atoms with E-state index in [4.69, 9.17) is 4.52 Å². The van der Waals surface area contributed by atoms with Crippen LogP contribution in [-0.2, 0) is 6.54 Å². The van der Waals surface area contributed by atoms with Crippen molar-refractivity contribution in [3.63, 3.8) is 0 Å². The van der Waals surface area contributed by atoms with Crippen molar-refractivity contribution in [3.05, 3.63) is 45.4 Å². The maximum Gasteiger partial charge on any atom is 0.258 e. The number of pyridine rings is 1. The molecule has 4 heterocycles. The number of hydrogen-bond acceptors (Lipinski definition) is 6. The molecule has 25 heavy (non-hydrogen) atoms.